The largest absolute Gasteiger partial charge is 0.474 e. The Kier molecular flexibility index (Phi) is 26.8. The van der Waals surface area contributed by atoms with Gasteiger partial charge in [0.25, 0.3) is 0 Å². The molecule has 0 unspecified atom stereocenters. The third-order valence-corrected chi connectivity index (χ3v) is 14.1. The van der Waals surface area contributed by atoms with Crippen molar-refractivity contribution in [3.63, 3.8) is 0 Å². The van der Waals surface area contributed by atoms with E-state index < -0.39 is 6.29 Å². The molecule has 0 spiro atoms. The zero-order valence-corrected chi connectivity index (χ0v) is 47.4. The maximum atomic E-state index is 13.3. The molecule has 20 heteroatoms. The third-order valence-electron chi connectivity index (χ3n) is 13.0. The number of ether oxygens (including phenoxy) is 6. The Morgan fingerprint density at radius 1 is 0.671 bits per heavy atom. The topological polar surface area (TPSA) is 161 Å². The molecule has 8 rings (SSSR count). The summed E-state index contributed by atoms with van der Waals surface area (Å²) in [6.07, 6.45) is 14.7. The number of isocyanates is 1. The average molecular weight is 1130 g/mol. The van der Waals surface area contributed by atoms with Crippen molar-refractivity contribution in [1.29, 1.82) is 0 Å². The molecule has 2 aromatic carbocycles. The summed E-state index contributed by atoms with van der Waals surface area (Å²) in [5.41, 5.74) is 2.85. The number of urea groups is 1. The van der Waals surface area contributed by atoms with Gasteiger partial charge in [0, 0.05) is 120 Å². The third kappa shape index (κ3) is 22.7. The standard InChI is InChI=1S/C28H38Cl2N4O4.C21H35N3O3.C7H3Cl2NO/c1-3-36-27(37-4-2)19-34(28(35)32-25-9-8-22(29)15-24(25)30)18-21-7-10-26(31-16-21)38-23-11-13-33(14-12-23)17-20-5-6-20;1-3-25-21(26-4-2)15-22-13-18-7-8-20(23-14-18)27-19-9-11-24(12-10-19)16-17-5-6-17;8-5-1-2-7(10-4-11)6(9)3-5/h7-10,15-16,20,23,27H,3-6,11-14,17-19H2,1-2H3,(H,32,35);7-8,14,17,19,21-22H,3-6,9-13,15-16H2,1-2H3;1-3H. The fourth-order valence-electron chi connectivity index (χ4n) is 8.67. The summed E-state index contributed by atoms with van der Waals surface area (Å²) in [4.78, 5) is 42.3. The summed E-state index contributed by atoms with van der Waals surface area (Å²) in [7, 11) is 0. The molecule has 4 fully saturated rings. The molecular formula is C56H76Cl4N8O8. The van der Waals surface area contributed by atoms with Crippen LogP contribution in [0.3, 0.4) is 0 Å². The fourth-order valence-corrected chi connectivity index (χ4v) is 9.58. The number of carbonyl (C=O) groups is 1. The summed E-state index contributed by atoms with van der Waals surface area (Å²) < 4.78 is 34.7. The number of likely N-dealkylation sites (tertiary alicyclic amines) is 2. The molecule has 2 aliphatic carbocycles. The number of piperidine rings is 2. The molecule has 416 valence electrons. The Hall–Kier alpha value is -4.13. The van der Waals surface area contributed by atoms with Crippen LogP contribution in [-0.2, 0) is 36.8 Å². The Labute approximate surface area is 469 Å². The van der Waals surface area contributed by atoms with Gasteiger partial charge in [-0.15, -0.1) is 0 Å². The van der Waals surface area contributed by atoms with Crippen LogP contribution in [0.1, 0.15) is 90.2 Å². The number of hydrogen-bond acceptors (Lipinski definition) is 14. The van der Waals surface area contributed by atoms with E-state index in [0.717, 1.165) is 87.2 Å². The van der Waals surface area contributed by atoms with E-state index in [1.165, 1.54) is 50.9 Å². The van der Waals surface area contributed by atoms with Gasteiger partial charge in [-0.3, -0.25) is 0 Å². The quantitative estimate of drug-likeness (QED) is 0.0347. The van der Waals surface area contributed by atoms with Crippen LogP contribution in [-0.4, -0.2) is 140 Å². The van der Waals surface area contributed by atoms with Crippen LogP contribution >= 0.6 is 46.4 Å². The molecule has 16 nitrogen and oxygen atoms in total. The Bertz CT molecular complexity index is 2350. The van der Waals surface area contributed by atoms with Crippen molar-refractivity contribution >= 4 is 69.9 Å². The van der Waals surface area contributed by atoms with Crippen LogP contribution in [0.4, 0.5) is 16.2 Å². The Balaban J connectivity index is 0.000000213. The second-order valence-corrected chi connectivity index (χ2v) is 20.9. The molecule has 2 N–H and O–H groups in total. The number of pyridine rings is 2. The first-order chi connectivity index (χ1) is 36.9. The van der Waals surface area contributed by atoms with E-state index in [9.17, 15) is 9.59 Å². The minimum absolute atomic E-state index is 0.188. The smallest absolute Gasteiger partial charge is 0.322 e. The Morgan fingerprint density at radius 2 is 1.17 bits per heavy atom. The second kappa shape index (κ2) is 33.3. The molecule has 2 aromatic heterocycles. The summed E-state index contributed by atoms with van der Waals surface area (Å²) in [5, 5.41) is 7.95. The van der Waals surface area contributed by atoms with E-state index in [0.29, 0.717) is 83.0 Å². The molecule has 2 saturated heterocycles. The number of amides is 2. The minimum atomic E-state index is -0.558. The first-order valence-electron chi connectivity index (χ1n) is 26.8. The average Bonchev–Trinajstić information content (AvgIpc) is 4.37. The van der Waals surface area contributed by atoms with E-state index in [-0.39, 0.29) is 25.0 Å². The lowest BCUT2D eigenvalue weighted by atomic mass is 10.1. The summed E-state index contributed by atoms with van der Waals surface area (Å²) in [5.74, 6) is 3.24. The Morgan fingerprint density at radius 3 is 1.63 bits per heavy atom. The molecule has 0 bridgehead atoms. The molecule has 4 aliphatic rings. The van der Waals surface area contributed by atoms with Crippen molar-refractivity contribution in [2.75, 3.05) is 84.1 Å². The number of halogens is 4. The number of rotatable bonds is 26. The first-order valence-corrected chi connectivity index (χ1v) is 28.3. The molecule has 76 heavy (non-hydrogen) atoms. The predicted octanol–water partition coefficient (Wildman–Crippen LogP) is 11.9. The number of nitrogens with zero attached hydrogens (tertiary/aromatic N) is 6. The summed E-state index contributed by atoms with van der Waals surface area (Å²) in [6.45, 7) is 18.9. The number of benzene rings is 2. The highest BCUT2D eigenvalue weighted by Crippen LogP contribution is 2.33. The molecule has 2 aliphatic heterocycles. The second-order valence-electron chi connectivity index (χ2n) is 19.2. The molecule has 2 saturated carbocycles. The predicted molar refractivity (Wildman–Crippen MR) is 300 cm³/mol. The lowest BCUT2D eigenvalue weighted by Crippen LogP contribution is -2.41. The molecular weight excluding hydrogens is 1050 g/mol. The summed E-state index contributed by atoms with van der Waals surface area (Å²) >= 11 is 23.5. The monoisotopic (exact) mass is 1130 g/mol. The van der Waals surface area contributed by atoms with Crippen molar-refractivity contribution < 1.29 is 38.0 Å². The van der Waals surface area contributed by atoms with Crippen LogP contribution in [0.5, 0.6) is 11.8 Å². The van der Waals surface area contributed by atoms with E-state index in [2.05, 4.69) is 41.5 Å². The van der Waals surface area contributed by atoms with Gasteiger partial charge in [0.15, 0.2) is 12.6 Å². The van der Waals surface area contributed by atoms with Crippen LogP contribution in [0, 0.1) is 11.8 Å². The highest BCUT2D eigenvalue weighted by Gasteiger charge is 2.29. The fraction of sp³-hybridized carbons (Fsp3) is 0.571. The van der Waals surface area contributed by atoms with E-state index in [4.69, 9.17) is 74.8 Å². The van der Waals surface area contributed by atoms with Gasteiger partial charge < -0.3 is 53.8 Å². The SMILES string of the molecule is CCOC(CN(Cc1ccc(OC2CCN(CC3CC3)CC2)nc1)C(=O)Nc1ccc(Cl)cc1Cl)OCC.CCOC(CNCc1ccc(OC2CCN(CC3CC3)CC2)nc1)OCC.O=C=Nc1ccc(Cl)cc1Cl. The maximum absolute atomic E-state index is 13.3. The van der Waals surface area contributed by atoms with Gasteiger partial charge in [-0.2, -0.15) is 4.99 Å². The highest BCUT2D eigenvalue weighted by molar-refractivity contribution is 6.37. The van der Waals surface area contributed by atoms with Crippen molar-refractivity contribution in [2.24, 2.45) is 16.8 Å². The minimum Gasteiger partial charge on any atom is -0.474 e. The zero-order chi connectivity index (χ0) is 54.1. The van der Waals surface area contributed by atoms with Crippen molar-refractivity contribution in [1.82, 2.24) is 30.0 Å². The lowest BCUT2D eigenvalue weighted by molar-refractivity contribution is -0.143. The van der Waals surface area contributed by atoms with Gasteiger partial charge >= 0.3 is 6.03 Å². The van der Waals surface area contributed by atoms with Crippen molar-refractivity contribution in [3.8, 4) is 11.8 Å². The number of anilines is 1. The first kappa shape index (κ1) is 61.1. The van der Waals surface area contributed by atoms with Crippen molar-refractivity contribution in [3.05, 3.63) is 104 Å². The molecule has 0 atom stereocenters. The number of carbonyl (C=O) groups excluding carboxylic acids is 2. The molecule has 4 aromatic rings. The number of aromatic nitrogens is 2. The number of nitrogens with one attached hydrogen (secondary N) is 2. The molecule has 0 radical (unpaired) electrons. The van der Waals surface area contributed by atoms with Crippen LogP contribution < -0.4 is 20.1 Å². The van der Waals surface area contributed by atoms with Gasteiger partial charge in [0.1, 0.15) is 12.2 Å². The van der Waals surface area contributed by atoms with Crippen LogP contribution in [0.2, 0.25) is 20.1 Å². The normalized spacial score (nSPS) is 16.3. The van der Waals surface area contributed by atoms with Gasteiger partial charge in [-0.25, -0.2) is 19.6 Å². The lowest BCUT2D eigenvalue weighted by Gasteiger charge is -2.31. The zero-order valence-electron chi connectivity index (χ0n) is 44.4. The van der Waals surface area contributed by atoms with Crippen LogP contribution in [0.25, 0.3) is 0 Å². The summed E-state index contributed by atoms with van der Waals surface area (Å²) in [6, 6.07) is 17.1. The number of aliphatic imine (C=N–C) groups is 1. The van der Waals surface area contributed by atoms with Crippen LogP contribution in [0.15, 0.2) is 78.0 Å². The van der Waals surface area contributed by atoms with Gasteiger partial charge in [0.05, 0.1) is 28.0 Å². The maximum Gasteiger partial charge on any atom is 0.322 e. The van der Waals surface area contributed by atoms with Gasteiger partial charge in [-0.05, 0) is 138 Å². The molecule has 2 amide bonds. The van der Waals surface area contributed by atoms with Gasteiger partial charge in [-0.1, -0.05) is 58.5 Å². The van der Waals surface area contributed by atoms with Crippen molar-refractivity contribution in [2.45, 2.75) is 117 Å². The van der Waals surface area contributed by atoms with E-state index >= 15 is 0 Å². The molecule has 4 heterocycles. The van der Waals surface area contributed by atoms with Gasteiger partial charge in [0.2, 0.25) is 17.8 Å². The highest BCUT2D eigenvalue weighted by atomic mass is 35.5. The van der Waals surface area contributed by atoms with E-state index in [1.54, 1.807) is 41.4 Å². The number of hydrogen-bond donors (Lipinski definition) is 2. The van der Waals surface area contributed by atoms with E-state index in [1.807, 2.05) is 52.1 Å².